The molecule has 2 heterocycles. The van der Waals surface area contributed by atoms with Crippen molar-refractivity contribution in [3.8, 4) is 10.6 Å². The minimum absolute atomic E-state index is 0.228. The van der Waals surface area contributed by atoms with Crippen molar-refractivity contribution < 1.29 is 9.90 Å². The fraction of sp³-hybridized carbons (Fsp3) is 0.333. The van der Waals surface area contributed by atoms with E-state index in [2.05, 4.69) is 9.88 Å². The Morgan fingerprint density at radius 1 is 1.43 bits per heavy atom. The standard InChI is InChI=1S/C15H15ClN2O2S/c16-12-3-1-10(2-4-12)14-17-7-13(21-14)9-18-6-5-11(8-18)15(19)20/h1-4,7,11H,5-6,8-9H2,(H,19,20). The third-order valence-corrected chi connectivity index (χ3v) is 4.93. The number of thiazole rings is 1. The third kappa shape index (κ3) is 3.43. The summed E-state index contributed by atoms with van der Waals surface area (Å²) in [5, 5.41) is 10.7. The van der Waals surface area contributed by atoms with E-state index in [1.807, 2.05) is 30.5 Å². The van der Waals surface area contributed by atoms with Crippen LogP contribution < -0.4 is 0 Å². The first-order chi connectivity index (χ1) is 10.1. The molecule has 1 aliphatic heterocycles. The van der Waals surface area contributed by atoms with Crippen LogP contribution in [-0.2, 0) is 11.3 Å². The lowest BCUT2D eigenvalue weighted by Gasteiger charge is -2.12. The summed E-state index contributed by atoms with van der Waals surface area (Å²) >= 11 is 7.53. The molecule has 0 spiro atoms. The van der Waals surface area contributed by atoms with Crippen LogP contribution in [0.3, 0.4) is 0 Å². The second-order valence-corrected chi connectivity index (χ2v) is 6.75. The summed E-state index contributed by atoms with van der Waals surface area (Å²) in [4.78, 5) is 18.8. The zero-order valence-corrected chi connectivity index (χ0v) is 12.9. The van der Waals surface area contributed by atoms with E-state index < -0.39 is 5.97 Å². The second-order valence-electron chi connectivity index (χ2n) is 5.20. The highest BCUT2D eigenvalue weighted by Gasteiger charge is 2.28. The van der Waals surface area contributed by atoms with Gasteiger partial charge < -0.3 is 5.11 Å². The molecule has 0 bridgehead atoms. The van der Waals surface area contributed by atoms with Crippen molar-refractivity contribution in [1.29, 1.82) is 0 Å². The minimum atomic E-state index is -0.691. The van der Waals surface area contributed by atoms with E-state index >= 15 is 0 Å². The first kappa shape index (κ1) is 14.5. The van der Waals surface area contributed by atoms with Crippen molar-refractivity contribution in [3.05, 3.63) is 40.4 Å². The second kappa shape index (κ2) is 6.13. The molecule has 1 aliphatic rings. The average molecular weight is 323 g/mol. The van der Waals surface area contributed by atoms with Crippen molar-refractivity contribution in [2.24, 2.45) is 5.92 Å². The van der Waals surface area contributed by atoms with E-state index in [0.717, 1.165) is 35.0 Å². The molecule has 6 heteroatoms. The Morgan fingerprint density at radius 2 is 2.19 bits per heavy atom. The lowest BCUT2D eigenvalue weighted by Crippen LogP contribution is -2.22. The van der Waals surface area contributed by atoms with Crippen LogP contribution >= 0.6 is 22.9 Å². The molecule has 0 amide bonds. The molecule has 3 rings (SSSR count). The van der Waals surface area contributed by atoms with E-state index in [-0.39, 0.29) is 5.92 Å². The Kier molecular flexibility index (Phi) is 4.24. The smallest absolute Gasteiger partial charge is 0.307 e. The minimum Gasteiger partial charge on any atom is -0.481 e. The highest BCUT2D eigenvalue weighted by Crippen LogP contribution is 2.28. The molecule has 110 valence electrons. The van der Waals surface area contributed by atoms with E-state index in [9.17, 15) is 4.79 Å². The molecule has 0 saturated carbocycles. The number of carbonyl (C=O) groups is 1. The summed E-state index contributed by atoms with van der Waals surface area (Å²) in [7, 11) is 0. The zero-order chi connectivity index (χ0) is 14.8. The summed E-state index contributed by atoms with van der Waals surface area (Å²) in [6, 6.07) is 7.63. The van der Waals surface area contributed by atoms with E-state index in [1.54, 1.807) is 11.3 Å². The summed E-state index contributed by atoms with van der Waals surface area (Å²) < 4.78 is 0. The Labute approximate surface area is 132 Å². The SMILES string of the molecule is O=C(O)C1CCN(Cc2cnc(-c3ccc(Cl)cc3)s2)C1. The molecule has 4 nitrogen and oxygen atoms in total. The van der Waals surface area contributed by atoms with Gasteiger partial charge in [-0.25, -0.2) is 4.98 Å². The van der Waals surface area contributed by atoms with Crippen LogP contribution in [0.15, 0.2) is 30.5 Å². The Hall–Kier alpha value is -1.43. The number of benzene rings is 1. The predicted molar refractivity (Wildman–Crippen MR) is 83.6 cm³/mol. The molecule has 2 aromatic rings. The number of nitrogens with zero attached hydrogens (tertiary/aromatic N) is 2. The van der Waals surface area contributed by atoms with Gasteiger partial charge in [0.1, 0.15) is 5.01 Å². The van der Waals surface area contributed by atoms with Crippen molar-refractivity contribution in [2.75, 3.05) is 13.1 Å². The highest BCUT2D eigenvalue weighted by atomic mass is 35.5. The molecule has 21 heavy (non-hydrogen) atoms. The third-order valence-electron chi connectivity index (χ3n) is 3.65. The lowest BCUT2D eigenvalue weighted by molar-refractivity contribution is -0.141. The van der Waals surface area contributed by atoms with Gasteiger partial charge in [-0.2, -0.15) is 0 Å². The number of aliphatic carboxylic acids is 1. The Morgan fingerprint density at radius 3 is 2.86 bits per heavy atom. The topological polar surface area (TPSA) is 53.4 Å². The molecule has 0 radical (unpaired) electrons. The maximum Gasteiger partial charge on any atom is 0.307 e. The number of likely N-dealkylation sites (tertiary alicyclic amines) is 1. The van der Waals surface area contributed by atoms with Crippen LogP contribution in [0.2, 0.25) is 5.02 Å². The van der Waals surface area contributed by atoms with Gasteiger partial charge in [-0.3, -0.25) is 9.69 Å². The largest absolute Gasteiger partial charge is 0.481 e. The maximum absolute atomic E-state index is 11.0. The lowest BCUT2D eigenvalue weighted by atomic mass is 10.1. The molecule has 1 saturated heterocycles. The number of rotatable bonds is 4. The van der Waals surface area contributed by atoms with Gasteiger partial charge >= 0.3 is 5.97 Å². The zero-order valence-electron chi connectivity index (χ0n) is 11.3. The fourth-order valence-corrected chi connectivity index (χ4v) is 3.59. The molecular formula is C15H15ClN2O2S. The number of aromatic nitrogens is 1. The molecule has 1 unspecified atom stereocenters. The molecule has 1 aromatic heterocycles. The van der Waals surface area contributed by atoms with Gasteiger partial charge in [-0.05, 0) is 25.1 Å². The summed E-state index contributed by atoms with van der Waals surface area (Å²) in [5.41, 5.74) is 1.06. The quantitative estimate of drug-likeness (QED) is 0.937. The molecule has 1 fully saturated rings. The number of carboxylic acids is 1. The molecule has 1 atom stereocenters. The van der Waals surface area contributed by atoms with Crippen molar-refractivity contribution >= 4 is 28.9 Å². The number of carboxylic acid groups (broad SMARTS) is 1. The summed E-state index contributed by atoms with van der Waals surface area (Å²) in [6.45, 7) is 2.24. The fourth-order valence-electron chi connectivity index (χ4n) is 2.50. The van der Waals surface area contributed by atoms with E-state index in [4.69, 9.17) is 16.7 Å². The van der Waals surface area contributed by atoms with Crippen LogP contribution in [0.1, 0.15) is 11.3 Å². The van der Waals surface area contributed by atoms with Crippen LogP contribution in [0.4, 0.5) is 0 Å². The number of halogens is 1. The van der Waals surface area contributed by atoms with Gasteiger partial charge in [-0.1, -0.05) is 23.7 Å². The summed E-state index contributed by atoms with van der Waals surface area (Å²) in [5.74, 6) is -0.919. The van der Waals surface area contributed by atoms with E-state index in [0.29, 0.717) is 11.6 Å². The van der Waals surface area contributed by atoms with Crippen molar-refractivity contribution in [3.63, 3.8) is 0 Å². The van der Waals surface area contributed by atoms with Gasteiger partial charge in [0.05, 0.1) is 5.92 Å². The van der Waals surface area contributed by atoms with Crippen molar-refractivity contribution in [1.82, 2.24) is 9.88 Å². The average Bonchev–Trinajstić information content (AvgIpc) is 3.10. The van der Waals surface area contributed by atoms with Crippen LogP contribution in [0.25, 0.3) is 10.6 Å². The van der Waals surface area contributed by atoms with Crippen LogP contribution in [0.5, 0.6) is 0 Å². The van der Waals surface area contributed by atoms with Gasteiger partial charge in [-0.15, -0.1) is 11.3 Å². The first-order valence-corrected chi connectivity index (χ1v) is 7.97. The molecule has 1 aromatic carbocycles. The highest BCUT2D eigenvalue weighted by molar-refractivity contribution is 7.15. The molecule has 1 N–H and O–H groups in total. The van der Waals surface area contributed by atoms with E-state index in [1.165, 1.54) is 0 Å². The van der Waals surface area contributed by atoms with Crippen molar-refractivity contribution in [2.45, 2.75) is 13.0 Å². The van der Waals surface area contributed by atoms with Crippen LogP contribution in [-0.4, -0.2) is 34.0 Å². The summed E-state index contributed by atoms with van der Waals surface area (Å²) in [6.07, 6.45) is 2.61. The normalized spacial score (nSPS) is 19.0. The van der Waals surface area contributed by atoms with Gasteiger partial charge in [0.15, 0.2) is 0 Å². The first-order valence-electron chi connectivity index (χ1n) is 6.77. The van der Waals surface area contributed by atoms with Crippen LogP contribution in [0, 0.1) is 5.92 Å². The Bertz CT molecular complexity index is 641. The number of hydrogen-bond acceptors (Lipinski definition) is 4. The van der Waals surface area contributed by atoms with Gasteiger partial charge in [0.25, 0.3) is 0 Å². The Balaban J connectivity index is 1.66. The molecule has 0 aliphatic carbocycles. The number of hydrogen-bond donors (Lipinski definition) is 1. The maximum atomic E-state index is 11.0. The van der Waals surface area contributed by atoms with Gasteiger partial charge in [0.2, 0.25) is 0 Å². The monoisotopic (exact) mass is 322 g/mol. The van der Waals surface area contributed by atoms with Gasteiger partial charge in [0, 0.05) is 34.7 Å². The molecular weight excluding hydrogens is 308 g/mol. The predicted octanol–water partition coefficient (Wildman–Crippen LogP) is 3.37.